The summed E-state index contributed by atoms with van der Waals surface area (Å²) in [5.74, 6) is 0. The molecule has 2 bridgehead atoms. The SMILES string of the molecule is C1=CC2CCC(C1)N2Cc1ccccn1. The Labute approximate surface area is 90.6 Å². The Balaban J connectivity index is 1.77. The van der Waals surface area contributed by atoms with Gasteiger partial charge in [-0.3, -0.25) is 9.88 Å². The summed E-state index contributed by atoms with van der Waals surface area (Å²) in [7, 11) is 0. The number of hydrogen-bond acceptors (Lipinski definition) is 2. The fourth-order valence-electron chi connectivity index (χ4n) is 2.74. The van der Waals surface area contributed by atoms with Gasteiger partial charge in [0.1, 0.15) is 0 Å². The Morgan fingerprint density at radius 2 is 2.33 bits per heavy atom. The van der Waals surface area contributed by atoms with Gasteiger partial charge in [0.25, 0.3) is 0 Å². The molecule has 0 aromatic carbocycles. The number of pyridine rings is 1. The lowest BCUT2D eigenvalue weighted by molar-refractivity contribution is 0.198. The molecule has 3 heterocycles. The largest absolute Gasteiger partial charge is 0.288 e. The van der Waals surface area contributed by atoms with Crippen molar-refractivity contribution in [2.45, 2.75) is 37.9 Å². The van der Waals surface area contributed by atoms with Crippen LogP contribution in [-0.4, -0.2) is 22.0 Å². The molecule has 1 aromatic heterocycles. The quantitative estimate of drug-likeness (QED) is 0.681. The smallest absolute Gasteiger partial charge is 0.0544 e. The Bertz CT molecular complexity index is 358. The van der Waals surface area contributed by atoms with Crippen LogP contribution in [0, 0.1) is 0 Å². The minimum atomic E-state index is 0.672. The van der Waals surface area contributed by atoms with E-state index in [2.05, 4.69) is 34.2 Å². The van der Waals surface area contributed by atoms with E-state index >= 15 is 0 Å². The first kappa shape index (κ1) is 9.10. The first-order valence-electron chi connectivity index (χ1n) is 5.76. The molecule has 2 aliphatic heterocycles. The molecular formula is C13H16N2. The monoisotopic (exact) mass is 200 g/mol. The van der Waals surface area contributed by atoms with E-state index in [4.69, 9.17) is 0 Å². The van der Waals surface area contributed by atoms with Crippen molar-refractivity contribution in [2.75, 3.05) is 0 Å². The molecule has 15 heavy (non-hydrogen) atoms. The molecule has 0 radical (unpaired) electrons. The predicted octanol–water partition coefficient (Wildman–Crippen LogP) is 2.37. The summed E-state index contributed by atoms with van der Waals surface area (Å²) in [5, 5.41) is 0. The van der Waals surface area contributed by atoms with Gasteiger partial charge in [-0.2, -0.15) is 0 Å². The lowest BCUT2D eigenvalue weighted by atomic mass is 10.1. The molecule has 2 heteroatoms. The second-order valence-corrected chi connectivity index (χ2v) is 4.46. The summed E-state index contributed by atoms with van der Waals surface area (Å²) in [6.07, 6.45) is 10.5. The molecule has 0 amide bonds. The highest BCUT2D eigenvalue weighted by Crippen LogP contribution is 2.32. The maximum absolute atomic E-state index is 4.40. The minimum absolute atomic E-state index is 0.672. The van der Waals surface area contributed by atoms with Gasteiger partial charge < -0.3 is 0 Å². The first-order chi connectivity index (χ1) is 7.43. The number of rotatable bonds is 2. The predicted molar refractivity (Wildman–Crippen MR) is 60.3 cm³/mol. The van der Waals surface area contributed by atoms with Crippen LogP contribution in [0.2, 0.25) is 0 Å². The number of fused-ring (bicyclic) bond motifs is 2. The summed E-state index contributed by atoms with van der Waals surface area (Å²) in [5.41, 5.74) is 1.20. The molecular weight excluding hydrogens is 184 g/mol. The minimum Gasteiger partial charge on any atom is -0.288 e. The Hall–Kier alpha value is -1.15. The third kappa shape index (κ3) is 1.70. The highest BCUT2D eigenvalue weighted by atomic mass is 15.2. The van der Waals surface area contributed by atoms with Gasteiger partial charge in [-0.25, -0.2) is 0 Å². The average molecular weight is 200 g/mol. The summed E-state index contributed by atoms with van der Waals surface area (Å²) in [4.78, 5) is 7.00. The van der Waals surface area contributed by atoms with E-state index in [1.54, 1.807) is 0 Å². The fourth-order valence-corrected chi connectivity index (χ4v) is 2.74. The summed E-state index contributed by atoms with van der Waals surface area (Å²) in [6, 6.07) is 7.61. The van der Waals surface area contributed by atoms with Crippen molar-refractivity contribution in [3.05, 3.63) is 42.2 Å². The zero-order chi connectivity index (χ0) is 10.1. The summed E-state index contributed by atoms with van der Waals surface area (Å²) in [6.45, 7) is 1.01. The van der Waals surface area contributed by atoms with E-state index in [1.807, 2.05) is 12.3 Å². The van der Waals surface area contributed by atoms with Crippen LogP contribution in [0.1, 0.15) is 25.0 Å². The maximum atomic E-state index is 4.40. The molecule has 2 nitrogen and oxygen atoms in total. The summed E-state index contributed by atoms with van der Waals surface area (Å²) >= 11 is 0. The van der Waals surface area contributed by atoms with Crippen LogP contribution in [0.5, 0.6) is 0 Å². The van der Waals surface area contributed by atoms with Crippen molar-refractivity contribution in [3.8, 4) is 0 Å². The molecule has 1 saturated heterocycles. The van der Waals surface area contributed by atoms with E-state index in [-0.39, 0.29) is 0 Å². The Morgan fingerprint density at radius 1 is 1.33 bits per heavy atom. The van der Waals surface area contributed by atoms with Crippen LogP contribution in [0.25, 0.3) is 0 Å². The molecule has 3 rings (SSSR count). The van der Waals surface area contributed by atoms with Crippen molar-refractivity contribution >= 4 is 0 Å². The molecule has 2 atom stereocenters. The number of nitrogens with zero attached hydrogens (tertiary/aromatic N) is 2. The van der Waals surface area contributed by atoms with Crippen molar-refractivity contribution in [3.63, 3.8) is 0 Å². The van der Waals surface area contributed by atoms with E-state index < -0.39 is 0 Å². The van der Waals surface area contributed by atoms with Crippen LogP contribution in [0.15, 0.2) is 36.5 Å². The molecule has 1 fully saturated rings. The Morgan fingerprint density at radius 3 is 3.13 bits per heavy atom. The molecule has 0 saturated carbocycles. The van der Waals surface area contributed by atoms with Gasteiger partial charge in [-0.15, -0.1) is 0 Å². The van der Waals surface area contributed by atoms with Crippen LogP contribution in [0.3, 0.4) is 0 Å². The first-order valence-corrected chi connectivity index (χ1v) is 5.76. The summed E-state index contributed by atoms with van der Waals surface area (Å²) < 4.78 is 0. The highest BCUT2D eigenvalue weighted by molar-refractivity contribution is 5.11. The molecule has 78 valence electrons. The van der Waals surface area contributed by atoms with Gasteiger partial charge >= 0.3 is 0 Å². The molecule has 2 aliphatic rings. The lowest BCUT2D eigenvalue weighted by Gasteiger charge is -2.30. The average Bonchev–Trinajstić information content (AvgIpc) is 2.53. The van der Waals surface area contributed by atoms with Gasteiger partial charge in [0.05, 0.1) is 5.69 Å². The molecule has 0 N–H and O–H groups in total. The zero-order valence-corrected chi connectivity index (χ0v) is 8.84. The molecule has 2 unspecified atom stereocenters. The van der Waals surface area contributed by atoms with Crippen LogP contribution >= 0.6 is 0 Å². The van der Waals surface area contributed by atoms with Crippen LogP contribution in [0.4, 0.5) is 0 Å². The Kier molecular flexibility index (Phi) is 2.29. The van der Waals surface area contributed by atoms with Crippen molar-refractivity contribution in [1.82, 2.24) is 9.88 Å². The van der Waals surface area contributed by atoms with Crippen molar-refractivity contribution in [2.24, 2.45) is 0 Å². The number of hydrogen-bond donors (Lipinski definition) is 0. The van der Waals surface area contributed by atoms with Crippen molar-refractivity contribution in [1.29, 1.82) is 0 Å². The van der Waals surface area contributed by atoms with E-state index in [0.717, 1.165) is 12.6 Å². The second kappa shape index (κ2) is 3.78. The van der Waals surface area contributed by atoms with Crippen LogP contribution < -0.4 is 0 Å². The van der Waals surface area contributed by atoms with Gasteiger partial charge in [0.2, 0.25) is 0 Å². The maximum Gasteiger partial charge on any atom is 0.0544 e. The molecule has 0 spiro atoms. The van der Waals surface area contributed by atoms with Gasteiger partial charge in [0, 0.05) is 24.8 Å². The van der Waals surface area contributed by atoms with Crippen LogP contribution in [-0.2, 0) is 6.54 Å². The van der Waals surface area contributed by atoms with Gasteiger partial charge in [-0.05, 0) is 31.4 Å². The van der Waals surface area contributed by atoms with E-state index in [1.165, 1.54) is 25.0 Å². The molecule has 0 aliphatic carbocycles. The van der Waals surface area contributed by atoms with Crippen molar-refractivity contribution < 1.29 is 0 Å². The third-order valence-electron chi connectivity index (χ3n) is 3.53. The van der Waals surface area contributed by atoms with E-state index in [0.29, 0.717) is 6.04 Å². The second-order valence-electron chi connectivity index (χ2n) is 4.46. The standard InChI is InChI=1S/C13H16N2/c1-2-9-14-11(4-1)10-15-12-5-3-6-13(15)8-7-12/h1-5,9,12-13H,6-8,10H2. The lowest BCUT2D eigenvalue weighted by Crippen LogP contribution is -2.36. The topological polar surface area (TPSA) is 16.1 Å². The van der Waals surface area contributed by atoms with Gasteiger partial charge in [-0.1, -0.05) is 18.2 Å². The van der Waals surface area contributed by atoms with E-state index in [9.17, 15) is 0 Å². The normalized spacial score (nSPS) is 29.6. The number of aromatic nitrogens is 1. The third-order valence-corrected chi connectivity index (χ3v) is 3.53. The van der Waals surface area contributed by atoms with Gasteiger partial charge in [0.15, 0.2) is 0 Å². The fraction of sp³-hybridized carbons (Fsp3) is 0.462. The highest BCUT2D eigenvalue weighted by Gasteiger charge is 2.33. The molecule has 1 aromatic rings. The zero-order valence-electron chi connectivity index (χ0n) is 8.84.